The summed E-state index contributed by atoms with van der Waals surface area (Å²) in [6.45, 7) is 0. The van der Waals surface area contributed by atoms with Gasteiger partial charge in [-0.25, -0.2) is 4.79 Å². The predicted molar refractivity (Wildman–Crippen MR) is 70.1 cm³/mol. The molecule has 1 aliphatic rings. The van der Waals surface area contributed by atoms with Crippen molar-refractivity contribution >= 4 is 17.7 Å². The molecule has 2 N–H and O–H groups in total. The van der Waals surface area contributed by atoms with Crippen molar-refractivity contribution in [2.75, 3.05) is 0 Å². The molecule has 2 atom stereocenters. The number of Topliss-reactive ketones (excluding diaryl/α,β-unsaturated/α-hetero) is 1. The van der Waals surface area contributed by atoms with Gasteiger partial charge in [0.1, 0.15) is 17.5 Å². The van der Waals surface area contributed by atoms with Crippen LogP contribution in [0.25, 0.3) is 0 Å². The first-order valence-electron chi connectivity index (χ1n) is 6.54. The molecular formula is C14H16N2O4. The maximum absolute atomic E-state index is 12.0. The summed E-state index contributed by atoms with van der Waals surface area (Å²) in [5.74, 6) is -1.94. The number of pyridine rings is 1. The van der Waals surface area contributed by atoms with Crippen molar-refractivity contribution in [2.45, 2.75) is 31.7 Å². The molecule has 0 radical (unpaired) electrons. The number of aromatic nitrogens is 1. The van der Waals surface area contributed by atoms with E-state index >= 15 is 0 Å². The Hall–Kier alpha value is -2.24. The molecule has 1 saturated carbocycles. The summed E-state index contributed by atoms with van der Waals surface area (Å²) in [6, 6.07) is 3.79. The van der Waals surface area contributed by atoms with E-state index in [1.165, 1.54) is 12.3 Å². The van der Waals surface area contributed by atoms with Gasteiger partial charge < -0.3 is 10.4 Å². The smallest absolute Gasteiger partial charge is 0.326 e. The average Bonchev–Trinajstić information content (AvgIpc) is 2.45. The maximum Gasteiger partial charge on any atom is 0.326 e. The normalized spacial score (nSPS) is 20.2. The number of hydrogen-bond donors (Lipinski definition) is 2. The second-order valence-corrected chi connectivity index (χ2v) is 4.90. The number of rotatable bonds is 4. The van der Waals surface area contributed by atoms with Crippen molar-refractivity contribution in [1.29, 1.82) is 0 Å². The third-order valence-corrected chi connectivity index (χ3v) is 3.44. The molecule has 0 aromatic carbocycles. The van der Waals surface area contributed by atoms with Crippen molar-refractivity contribution < 1.29 is 19.5 Å². The minimum Gasteiger partial charge on any atom is -0.480 e. The van der Waals surface area contributed by atoms with Crippen LogP contribution in [0.3, 0.4) is 0 Å². The highest BCUT2D eigenvalue weighted by atomic mass is 16.4. The van der Waals surface area contributed by atoms with Crippen molar-refractivity contribution in [3.05, 3.63) is 30.1 Å². The van der Waals surface area contributed by atoms with Crippen molar-refractivity contribution in [3.8, 4) is 0 Å². The fourth-order valence-electron chi connectivity index (χ4n) is 2.44. The maximum atomic E-state index is 12.0. The number of carboxylic acids is 1. The van der Waals surface area contributed by atoms with Crippen LogP contribution in [0.2, 0.25) is 0 Å². The Labute approximate surface area is 116 Å². The van der Waals surface area contributed by atoms with Gasteiger partial charge in [-0.15, -0.1) is 0 Å². The van der Waals surface area contributed by atoms with E-state index in [-0.39, 0.29) is 23.8 Å². The third-order valence-electron chi connectivity index (χ3n) is 3.44. The van der Waals surface area contributed by atoms with E-state index in [2.05, 4.69) is 10.3 Å². The van der Waals surface area contributed by atoms with Crippen molar-refractivity contribution in [2.24, 2.45) is 5.92 Å². The Morgan fingerprint density at radius 3 is 2.80 bits per heavy atom. The van der Waals surface area contributed by atoms with Gasteiger partial charge in [0.25, 0.3) is 5.91 Å². The quantitative estimate of drug-likeness (QED) is 0.856. The Morgan fingerprint density at radius 1 is 1.40 bits per heavy atom. The number of carboxylic acid groups (broad SMARTS) is 1. The lowest BCUT2D eigenvalue weighted by atomic mass is 9.83. The zero-order valence-corrected chi connectivity index (χ0v) is 10.9. The monoisotopic (exact) mass is 276 g/mol. The minimum atomic E-state index is -1.12. The van der Waals surface area contributed by atoms with E-state index in [0.29, 0.717) is 19.3 Å². The highest BCUT2D eigenvalue weighted by Crippen LogP contribution is 2.24. The standard InChI is InChI=1S/C14H16N2O4/c17-10-5-3-4-9(8-10)12(14(19)20)16-13(18)11-6-1-2-7-15-11/h1-2,6-7,9,12H,3-5,8H2,(H,16,18)(H,19,20)/t9-,12-/m1/s1. The van der Waals surface area contributed by atoms with Crippen LogP contribution in [-0.2, 0) is 9.59 Å². The highest BCUT2D eigenvalue weighted by molar-refractivity contribution is 5.95. The van der Waals surface area contributed by atoms with Crippen LogP contribution in [0.15, 0.2) is 24.4 Å². The summed E-state index contributed by atoms with van der Waals surface area (Å²) < 4.78 is 0. The first-order valence-corrected chi connectivity index (χ1v) is 6.54. The van der Waals surface area contributed by atoms with Crippen molar-refractivity contribution in [1.82, 2.24) is 10.3 Å². The summed E-state index contributed by atoms with van der Waals surface area (Å²) in [7, 11) is 0. The molecule has 0 spiro atoms. The van der Waals surface area contributed by atoms with Crippen LogP contribution >= 0.6 is 0 Å². The molecule has 1 fully saturated rings. The van der Waals surface area contributed by atoms with E-state index in [1.807, 2.05) is 0 Å². The molecule has 0 unspecified atom stereocenters. The summed E-state index contributed by atoms with van der Waals surface area (Å²) in [6.07, 6.45) is 3.48. The average molecular weight is 276 g/mol. The highest BCUT2D eigenvalue weighted by Gasteiger charge is 2.33. The molecule has 0 bridgehead atoms. The Kier molecular flexibility index (Phi) is 4.45. The fourth-order valence-corrected chi connectivity index (χ4v) is 2.44. The second kappa shape index (κ2) is 6.27. The van der Waals surface area contributed by atoms with Gasteiger partial charge in [0.05, 0.1) is 0 Å². The number of amides is 1. The fraction of sp³-hybridized carbons (Fsp3) is 0.429. The first kappa shape index (κ1) is 14.2. The Balaban J connectivity index is 2.08. The van der Waals surface area contributed by atoms with Crippen LogP contribution in [0, 0.1) is 5.92 Å². The lowest BCUT2D eigenvalue weighted by Gasteiger charge is -2.27. The lowest BCUT2D eigenvalue weighted by molar-refractivity contribution is -0.141. The van der Waals surface area contributed by atoms with Gasteiger partial charge in [0.15, 0.2) is 0 Å². The van der Waals surface area contributed by atoms with Gasteiger partial charge in [-0.1, -0.05) is 6.07 Å². The number of carbonyl (C=O) groups is 3. The molecular weight excluding hydrogens is 260 g/mol. The molecule has 0 saturated heterocycles. The third kappa shape index (κ3) is 3.40. The number of nitrogens with one attached hydrogen (secondary N) is 1. The number of nitrogens with zero attached hydrogens (tertiary/aromatic N) is 1. The van der Waals surface area contributed by atoms with Gasteiger partial charge >= 0.3 is 5.97 Å². The Morgan fingerprint density at radius 2 is 2.20 bits per heavy atom. The zero-order valence-electron chi connectivity index (χ0n) is 10.9. The lowest BCUT2D eigenvalue weighted by Crippen LogP contribution is -2.47. The summed E-state index contributed by atoms with van der Waals surface area (Å²) in [4.78, 5) is 38.6. The van der Waals surface area contributed by atoms with Crippen molar-refractivity contribution in [3.63, 3.8) is 0 Å². The van der Waals surface area contributed by atoms with E-state index in [4.69, 9.17) is 0 Å². The number of aliphatic carboxylic acids is 1. The van der Waals surface area contributed by atoms with E-state index in [9.17, 15) is 19.5 Å². The van der Waals surface area contributed by atoms with E-state index in [1.54, 1.807) is 12.1 Å². The van der Waals surface area contributed by atoms with Crippen LogP contribution in [0.1, 0.15) is 36.2 Å². The molecule has 6 heteroatoms. The molecule has 2 rings (SSSR count). The van der Waals surface area contributed by atoms with Gasteiger partial charge in [0.2, 0.25) is 0 Å². The minimum absolute atomic E-state index is 0.0552. The largest absolute Gasteiger partial charge is 0.480 e. The number of carbonyl (C=O) groups excluding carboxylic acids is 2. The molecule has 1 heterocycles. The molecule has 106 valence electrons. The number of hydrogen-bond acceptors (Lipinski definition) is 4. The van der Waals surface area contributed by atoms with Crippen LogP contribution in [0.5, 0.6) is 0 Å². The topological polar surface area (TPSA) is 96.4 Å². The molecule has 6 nitrogen and oxygen atoms in total. The molecule has 1 aromatic rings. The first-order chi connectivity index (χ1) is 9.58. The molecule has 0 aliphatic heterocycles. The second-order valence-electron chi connectivity index (χ2n) is 4.90. The van der Waals surface area contributed by atoms with Gasteiger partial charge in [0, 0.05) is 19.0 Å². The van der Waals surface area contributed by atoms with E-state index < -0.39 is 17.9 Å². The molecule has 1 aliphatic carbocycles. The van der Waals surface area contributed by atoms with Gasteiger partial charge in [-0.3, -0.25) is 14.6 Å². The van der Waals surface area contributed by atoms with E-state index in [0.717, 1.165) is 0 Å². The summed E-state index contributed by atoms with van der Waals surface area (Å²) in [5, 5.41) is 11.7. The SMILES string of the molecule is O=C1CCC[C@@H]([C@@H](NC(=O)c2ccccn2)C(=O)O)C1. The molecule has 20 heavy (non-hydrogen) atoms. The van der Waals surface area contributed by atoms with Gasteiger partial charge in [-0.05, 0) is 30.9 Å². The molecule has 1 aromatic heterocycles. The summed E-state index contributed by atoms with van der Waals surface area (Å²) >= 11 is 0. The Bertz CT molecular complexity index is 515. The van der Waals surface area contributed by atoms with Crippen LogP contribution in [0.4, 0.5) is 0 Å². The molecule has 1 amide bonds. The number of ketones is 1. The van der Waals surface area contributed by atoms with Crippen LogP contribution in [-0.4, -0.2) is 33.8 Å². The zero-order chi connectivity index (χ0) is 14.5. The van der Waals surface area contributed by atoms with Crippen LogP contribution < -0.4 is 5.32 Å². The predicted octanol–water partition coefficient (Wildman–Crippen LogP) is 1.02. The summed E-state index contributed by atoms with van der Waals surface area (Å²) in [5.41, 5.74) is 0.167. The van der Waals surface area contributed by atoms with Gasteiger partial charge in [-0.2, -0.15) is 0 Å².